The van der Waals surface area contributed by atoms with Crippen molar-refractivity contribution in [2.24, 2.45) is 18.4 Å². The number of fused-ring (bicyclic) bond motifs is 1. The zero-order chi connectivity index (χ0) is 20.8. The fourth-order valence-corrected chi connectivity index (χ4v) is 3.92. The number of imidazole rings is 1. The lowest BCUT2D eigenvalue weighted by atomic mass is 9.89. The highest BCUT2D eigenvalue weighted by atomic mass is 16.3. The van der Waals surface area contributed by atoms with Crippen LogP contribution in [-0.4, -0.2) is 21.2 Å². The SMILES string of the molecule is Cc1ccc(C(O)C(C)C)cc1C1C=Cc2[nH]c(=O)n(C)c2N1CC(C)(C)C. The first-order valence-electron chi connectivity index (χ1n) is 10.0. The predicted molar refractivity (Wildman–Crippen MR) is 116 cm³/mol. The molecule has 0 amide bonds. The zero-order valence-electron chi connectivity index (χ0n) is 18.1. The van der Waals surface area contributed by atoms with E-state index in [9.17, 15) is 9.90 Å². The Kier molecular flexibility index (Phi) is 5.32. The number of aromatic amines is 1. The van der Waals surface area contributed by atoms with Gasteiger partial charge in [0.25, 0.3) is 0 Å². The molecule has 0 saturated heterocycles. The van der Waals surface area contributed by atoms with Gasteiger partial charge in [-0.25, -0.2) is 4.79 Å². The minimum atomic E-state index is -0.491. The summed E-state index contributed by atoms with van der Waals surface area (Å²) in [6, 6.07) is 6.24. The highest BCUT2D eigenvalue weighted by Crippen LogP contribution is 2.39. The molecule has 5 heteroatoms. The molecule has 0 saturated carbocycles. The van der Waals surface area contributed by atoms with Gasteiger partial charge in [-0.15, -0.1) is 0 Å². The Hall–Kier alpha value is -2.27. The van der Waals surface area contributed by atoms with Gasteiger partial charge in [-0.1, -0.05) is 58.9 Å². The maximum atomic E-state index is 12.3. The van der Waals surface area contributed by atoms with Crippen molar-refractivity contribution in [3.8, 4) is 0 Å². The molecule has 1 aliphatic rings. The molecule has 1 aromatic carbocycles. The summed E-state index contributed by atoms with van der Waals surface area (Å²) in [6.07, 6.45) is 3.67. The van der Waals surface area contributed by atoms with E-state index in [1.807, 2.05) is 33.0 Å². The average molecular weight is 384 g/mol. The topological polar surface area (TPSA) is 61.3 Å². The van der Waals surface area contributed by atoms with Gasteiger partial charge >= 0.3 is 5.69 Å². The van der Waals surface area contributed by atoms with E-state index in [0.29, 0.717) is 0 Å². The van der Waals surface area contributed by atoms with Crippen LogP contribution < -0.4 is 10.6 Å². The molecule has 0 bridgehead atoms. The van der Waals surface area contributed by atoms with E-state index in [4.69, 9.17) is 0 Å². The van der Waals surface area contributed by atoms with Crippen molar-refractivity contribution >= 4 is 11.9 Å². The van der Waals surface area contributed by atoms with Crippen LogP contribution in [0.25, 0.3) is 6.08 Å². The number of aromatic nitrogens is 2. The summed E-state index contributed by atoms with van der Waals surface area (Å²) >= 11 is 0. The number of nitrogens with zero attached hydrogens (tertiary/aromatic N) is 2. The van der Waals surface area contributed by atoms with Crippen LogP contribution >= 0.6 is 0 Å². The first kappa shape index (κ1) is 20.5. The predicted octanol–water partition coefficient (Wildman–Crippen LogP) is 4.33. The van der Waals surface area contributed by atoms with Gasteiger partial charge in [0, 0.05) is 13.6 Å². The minimum Gasteiger partial charge on any atom is -0.388 e. The average Bonchev–Trinajstić information content (AvgIpc) is 2.89. The van der Waals surface area contributed by atoms with Gasteiger partial charge in [-0.2, -0.15) is 0 Å². The fraction of sp³-hybridized carbons (Fsp3) is 0.522. The molecule has 0 radical (unpaired) electrons. The molecule has 2 aromatic rings. The van der Waals surface area contributed by atoms with Crippen molar-refractivity contribution in [2.45, 2.75) is 53.7 Å². The molecule has 0 spiro atoms. The Morgan fingerprint density at radius 1 is 1.25 bits per heavy atom. The minimum absolute atomic E-state index is 0.00689. The molecular formula is C23H33N3O2. The number of anilines is 1. The third-order valence-corrected chi connectivity index (χ3v) is 5.40. The number of rotatable bonds is 4. The number of nitrogens with one attached hydrogen (secondary N) is 1. The van der Waals surface area contributed by atoms with Gasteiger partial charge in [0.1, 0.15) is 5.82 Å². The van der Waals surface area contributed by atoms with Crippen LogP contribution in [-0.2, 0) is 7.05 Å². The van der Waals surface area contributed by atoms with Crippen LogP contribution in [0.3, 0.4) is 0 Å². The Morgan fingerprint density at radius 3 is 2.54 bits per heavy atom. The monoisotopic (exact) mass is 383 g/mol. The molecule has 1 aliphatic heterocycles. The van der Waals surface area contributed by atoms with Crippen molar-refractivity contribution in [3.05, 3.63) is 57.1 Å². The number of hydrogen-bond donors (Lipinski definition) is 2. The van der Waals surface area contributed by atoms with E-state index in [1.54, 1.807) is 4.57 Å². The van der Waals surface area contributed by atoms with Gasteiger partial charge in [-0.3, -0.25) is 4.57 Å². The quantitative estimate of drug-likeness (QED) is 0.826. The summed E-state index contributed by atoms with van der Waals surface area (Å²) in [4.78, 5) is 17.5. The van der Waals surface area contributed by atoms with Crippen LogP contribution in [0.15, 0.2) is 29.1 Å². The second-order valence-corrected chi connectivity index (χ2v) is 9.52. The number of H-pyrrole nitrogens is 1. The highest BCUT2D eigenvalue weighted by molar-refractivity contribution is 5.68. The van der Waals surface area contributed by atoms with Crippen molar-refractivity contribution in [1.82, 2.24) is 9.55 Å². The number of aryl methyl sites for hydroxylation is 1. The summed E-state index contributed by atoms with van der Waals surface area (Å²) < 4.78 is 1.69. The highest BCUT2D eigenvalue weighted by Gasteiger charge is 2.32. The molecule has 152 valence electrons. The fourth-order valence-electron chi connectivity index (χ4n) is 3.92. The van der Waals surface area contributed by atoms with E-state index >= 15 is 0 Å². The maximum Gasteiger partial charge on any atom is 0.327 e. The lowest BCUT2D eigenvalue weighted by molar-refractivity contribution is 0.127. The Balaban J connectivity index is 2.13. The largest absolute Gasteiger partial charge is 0.388 e. The first-order valence-corrected chi connectivity index (χ1v) is 10.0. The molecule has 1 aromatic heterocycles. The molecule has 3 rings (SSSR count). The van der Waals surface area contributed by atoms with Gasteiger partial charge < -0.3 is 15.0 Å². The van der Waals surface area contributed by atoms with Crippen molar-refractivity contribution in [3.63, 3.8) is 0 Å². The van der Waals surface area contributed by atoms with Crippen LogP contribution in [0.1, 0.15) is 69.1 Å². The van der Waals surface area contributed by atoms with Gasteiger partial charge in [0.15, 0.2) is 0 Å². The van der Waals surface area contributed by atoms with E-state index in [1.165, 1.54) is 5.56 Å². The molecule has 28 heavy (non-hydrogen) atoms. The summed E-state index contributed by atoms with van der Waals surface area (Å²) in [5, 5.41) is 10.6. The summed E-state index contributed by atoms with van der Waals surface area (Å²) in [6.45, 7) is 13.6. The first-order chi connectivity index (χ1) is 13.0. The van der Waals surface area contributed by atoms with E-state index in [2.05, 4.69) is 55.8 Å². The smallest absolute Gasteiger partial charge is 0.327 e. The zero-order valence-corrected chi connectivity index (χ0v) is 18.1. The molecule has 0 fully saturated rings. The van der Waals surface area contributed by atoms with E-state index in [0.717, 1.165) is 29.2 Å². The Bertz CT molecular complexity index is 944. The van der Waals surface area contributed by atoms with Crippen LogP contribution in [0.2, 0.25) is 0 Å². The summed E-state index contributed by atoms with van der Waals surface area (Å²) in [5.74, 6) is 1.07. The molecule has 0 aliphatic carbocycles. The van der Waals surface area contributed by atoms with Gasteiger partial charge in [-0.05, 0) is 41.0 Å². The van der Waals surface area contributed by atoms with Gasteiger partial charge in [0.2, 0.25) is 0 Å². The Labute approximate surface area is 167 Å². The molecule has 2 N–H and O–H groups in total. The number of aliphatic hydroxyl groups excluding tert-OH is 1. The van der Waals surface area contributed by atoms with E-state index in [-0.39, 0.29) is 23.1 Å². The standard InChI is InChI=1S/C23H33N3O2/c1-14(2)20(27)16-9-8-15(3)17(12-16)19-11-10-18-21(25(7)22(28)24-18)26(19)13-23(4,5)6/h8-12,14,19-20,27H,13H2,1-7H3,(H,24,28). The van der Waals surface area contributed by atoms with Gasteiger partial charge in [0.05, 0.1) is 17.8 Å². The summed E-state index contributed by atoms with van der Waals surface area (Å²) in [5.41, 5.74) is 4.08. The lowest BCUT2D eigenvalue weighted by Crippen LogP contribution is -2.39. The molecular weight excluding hydrogens is 350 g/mol. The second kappa shape index (κ2) is 7.28. The normalized spacial score (nSPS) is 17.9. The third-order valence-electron chi connectivity index (χ3n) is 5.40. The van der Waals surface area contributed by atoms with Crippen LogP contribution in [0, 0.1) is 18.3 Å². The molecule has 2 unspecified atom stereocenters. The lowest BCUT2D eigenvalue weighted by Gasteiger charge is -2.39. The van der Waals surface area contributed by atoms with Crippen LogP contribution in [0.5, 0.6) is 0 Å². The summed E-state index contributed by atoms with van der Waals surface area (Å²) in [7, 11) is 1.81. The number of aliphatic hydroxyl groups is 1. The van der Waals surface area contributed by atoms with Crippen molar-refractivity contribution in [1.29, 1.82) is 0 Å². The number of hydrogen-bond acceptors (Lipinski definition) is 3. The molecule has 2 heterocycles. The maximum absolute atomic E-state index is 12.3. The Morgan fingerprint density at radius 2 is 1.93 bits per heavy atom. The second-order valence-electron chi connectivity index (χ2n) is 9.52. The molecule has 5 nitrogen and oxygen atoms in total. The van der Waals surface area contributed by atoms with Crippen molar-refractivity contribution < 1.29 is 5.11 Å². The van der Waals surface area contributed by atoms with E-state index < -0.39 is 6.10 Å². The number of benzene rings is 1. The third kappa shape index (κ3) is 3.81. The van der Waals surface area contributed by atoms with Crippen LogP contribution in [0.4, 0.5) is 5.82 Å². The molecule has 2 atom stereocenters. The van der Waals surface area contributed by atoms with Crippen molar-refractivity contribution in [2.75, 3.05) is 11.4 Å².